The zero-order chi connectivity index (χ0) is 22.8. The molecule has 2 aromatic heterocycles. The lowest BCUT2D eigenvalue weighted by atomic mass is 10.1. The molecule has 0 spiro atoms. The summed E-state index contributed by atoms with van der Waals surface area (Å²) in [7, 11) is 0. The monoisotopic (exact) mass is 461 g/mol. The third-order valence-electron chi connectivity index (χ3n) is 5.46. The number of amides is 1. The number of anilines is 1. The van der Waals surface area contributed by atoms with Crippen LogP contribution in [0.4, 0.5) is 5.69 Å². The van der Waals surface area contributed by atoms with Gasteiger partial charge >= 0.3 is 0 Å². The number of H-pyrrole nitrogens is 1. The summed E-state index contributed by atoms with van der Waals surface area (Å²) in [5.74, 6) is 2.21. The van der Waals surface area contributed by atoms with Gasteiger partial charge < -0.3 is 24.3 Å². The number of aromatic nitrogens is 4. The van der Waals surface area contributed by atoms with E-state index in [2.05, 4.69) is 46.1 Å². The number of aromatic amines is 1. The van der Waals surface area contributed by atoms with Gasteiger partial charge in [-0.05, 0) is 30.7 Å². The Hall–Kier alpha value is -3.72. The number of fused-ring (bicyclic) bond motifs is 2. The highest BCUT2D eigenvalue weighted by Crippen LogP contribution is 2.34. The summed E-state index contributed by atoms with van der Waals surface area (Å²) in [6, 6.07) is 13.6. The van der Waals surface area contributed by atoms with Crippen LogP contribution in [-0.4, -0.2) is 38.2 Å². The normalized spacial score (nSPS) is 12.3. The van der Waals surface area contributed by atoms with Crippen LogP contribution in [-0.2, 0) is 17.8 Å². The standard InChI is InChI=1S/C24H23N5O3S/c1-3-10-29-22(12-18-15(2)25-19-7-5-4-6-17(18)19)27-28-24(29)33-13-23(30)26-16-8-9-20-21(11-16)32-14-31-20/h3-9,11,25H,1,10,12-14H2,2H3,(H,26,30). The zero-order valence-corrected chi connectivity index (χ0v) is 18.9. The number of nitrogens with one attached hydrogen (secondary N) is 2. The Labute approximate surface area is 195 Å². The van der Waals surface area contributed by atoms with Gasteiger partial charge in [-0.25, -0.2) is 0 Å². The molecule has 1 amide bonds. The molecule has 0 saturated carbocycles. The van der Waals surface area contributed by atoms with Gasteiger partial charge in [-0.3, -0.25) is 4.79 Å². The van der Waals surface area contributed by atoms with Crippen molar-refractivity contribution < 1.29 is 14.3 Å². The summed E-state index contributed by atoms with van der Waals surface area (Å²) in [5, 5.41) is 13.5. The molecule has 8 nitrogen and oxygen atoms in total. The van der Waals surface area contributed by atoms with Crippen LogP contribution >= 0.6 is 11.8 Å². The first-order valence-corrected chi connectivity index (χ1v) is 11.5. The average molecular weight is 462 g/mol. The number of hydrogen-bond donors (Lipinski definition) is 2. The van der Waals surface area contributed by atoms with E-state index in [9.17, 15) is 4.79 Å². The fourth-order valence-corrected chi connectivity index (χ4v) is 4.66. The maximum atomic E-state index is 12.5. The lowest BCUT2D eigenvalue weighted by Crippen LogP contribution is -2.14. The van der Waals surface area contributed by atoms with E-state index in [0.717, 1.165) is 17.0 Å². The molecule has 2 N–H and O–H groups in total. The van der Waals surface area contributed by atoms with E-state index in [1.165, 1.54) is 22.7 Å². The molecule has 1 aliphatic rings. The number of ether oxygens (including phenoxy) is 2. The summed E-state index contributed by atoms with van der Waals surface area (Å²) >= 11 is 1.35. The van der Waals surface area contributed by atoms with Crippen molar-refractivity contribution in [3.63, 3.8) is 0 Å². The van der Waals surface area contributed by atoms with Gasteiger partial charge in [-0.1, -0.05) is 36.0 Å². The third kappa shape index (κ3) is 4.31. The van der Waals surface area contributed by atoms with Crippen molar-refractivity contribution in [3.8, 4) is 11.5 Å². The Morgan fingerprint density at radius 1 is 1.24 bits per heavy atom. The molecule has 0 fully saturated rings. The largest absolute Gasteiger partial charge is 0.454 e. The second kappa shape index (κ2) is 9.03. The highest BCUT2D eigenvalue weighted by atomic mass is 32.2. The van der Waals surface area contributed by atoms with Crippen LogP contribution in [0.1, 0.15) is 17.1 Å². The topological polar surface area (TPSA) is 94.1 Å². The number of hydrogen-bond acceptors (Lipinski definition) is 6. The van der Waals surface area contributed by atoms with Gasteiger partial charge in [-0.2, -0.15) is 0 Å². The molecular formula is C24H23N5O3S. The fourth-order valence-electron chi connectivity index (χ4n) is 3.89. The molecule has 3 heterocycles. The van der Waals surface area contributed by atoms with Crippen molar-refractivity contribution in [3.05, 3.63) is 72.2 Å². The van der Waals surface area contributed by atoms with Gasteiger partial charge in [0.2, 0.25) is 12.7 Å². The van der Waals surface area contributed by atoms with E-state index in [1.54, 1.807) is 18.2 Å². The molecule has 4 aromatic rings. The minimum Gasteiger partial charge on any atom is -0.454 e. The first-order chi connectivity index (χ1) is 16.1. The minimum atomic E-state index is -0.138. The van der Waals surface area contributed by atoms with E-state index >= 15 is 0 Å². The Morgan fingerprint density at radius 2 is 2.09 bits per heavy atom. The number of nitrogens with zero attached hydrogens (tertiary/aromatic N) is 3. The highest BCUT2D eigenvalue weighted by Gasteiger charge is 2.18. The molecule has 1 aliphatic heterocycles. The molecule has 5 rings (SSSR count). The Balaban J connectivity index is 1.29. The smallest absolute Gasteiger partial charge is 0.234 e. The van der Waals surface area contributed by atoms with Crippen LogP contribution in [0.25, 0.3) is 10.9 Å². The number of allylic oxidation sites excluding steroid dienone is 1. The summed E-state index contributed by atoms with van der Waals surface area (Å²) in [4.78, 5) is 16.0. The van der Waals surface area contributed by atoms with E-state index in [-0.39, 0.29) is 18.5 Å². The van der Waals surface area contributed by atoms with Crippen molar-refractivity contribution in [2.45, 2.75) is 25.0 Å². The predicted molar refractivity (Wildman–Crippen MR) is 128 cm³/mol. The summed E-state index contributed by atoms with van der Waals surface area (Å²) in [6.07, 6.45) is 2.45. The molecule has 168 valence electrons. The maximum absolute atomic E-state index is 12.5. The molecule has 0 radical (unpaired) electrons. The van der Waals surface area contributed by atoms with E-state index in [0.29, 0.717) is 35.3 Å². The average Bonchev–Trinajstić information content (AvgIpc) is 3.51. The SMILES string of the molecule is C=CCn1c(Cc2c(C)[nH]c3ccccc23)nnc1SCC(=O)Nc1ccc2c(c1)OCO2. The van der Waals surface area contributed by atoms with Crippen LogP contribution in [0, 0.1) is 6.92 Å². The van der Waals surface area contributed by atoms with Gasteiger partial charge in [-0.15, -0.1) is 16.8 Å². The van der Waals surface area contributed by atoms with Gasteiger partial charge in [0.25, 0.3) is 0 Å². The number of thioether (sulfide) groups is 1. The fraction of sp³-hybridized carbons (Fsp3) is 0.208. The van der Waals surface area contributed by atoms with Crippen molar-refractivity contribution in [1.82, 2.24) is 19.7 Å². The molecule has 33 heavy (non-hydrogen) atoms. The van der Waals surface area contributed by atoms with Gasteiger partial charge in [0, 0.05) is 41.3 Å². The number of carbonyl (C=O) groups excluding carboxylic acids is 1. The van der Waals surface area contributed by atoms with Crippen molar-refractivity contribution in [1.29, 1.82) is 0 Å². The first kappa shape index (κ1) is 21.1. The van der Waals surface area contributed by atoms with E-state index in [1.807, 2.05) is 22.8 Å². The Bertz CT molecular complexity index is 1340. The molecule has 0 atom stereocenters. The molecular weight excluding hydrogens is 438 g/mol. The number of carbonyl (C=O) groups is 1. The van der Waals surface area contributed by atoms with Crippen LogP contribution in [0.5, 0.6) is 11.5 Å². The zero-order valence-electron chi connectivity index (χ0n) is 18.1. The van der Waals surface area contributed by atoms with E-state index in [4.69, 9.17) is 9.47 Å². The van der Waals surface area contributed by atoms with Gasteiger partial charge in [0.15, 0.2) is 16.7 Å². The minimum absolute atomic E-state index is 0.138. The molecule has 0 aliphatic carbocycles. The van der Waals surface area contributed by atoms with Gasteiger partial charge in [0.1, 0.15) is 5.82 Å². The molecule has 2 aromatic carbocycles. The highest BCUT2D eigenvalue weighted by molar-refractivity contribution is 7.99. The second-order valence-electron chi connectivity index (χ2n) is 7.65. The lowest BCUT2D eigenvalue weighted by Gasteiger charge is -2.09. The van der Waals surface area contributed by atoms with Crippen LogP contribution < -0.4 is 14.8 Å². The quantitative estimate of drug-likeness (QED) is 0.300. The third-order valence-corrected chi connectivity index (χ3v) is 6.42. The number of rotatable bonds is 8. The van der Waals surface area contributed by atoms with Crippen LogP contribution in [0.2, 0.25) is 0 Å². The summed E-state index contributed by atoms with van der Waals surface area (Å²) in [6.45, 7) is 6.70. The number of para-hydroxylation sites is 1. The van der Waals surface area contributed by atoms with Crippen molar-refractivity contribution >= 4 is 34.3 Å². The van der Waals surface area contributed by atoms with Crippen LogP contribution in [0.15, 0.2) is 60.3 Å². The maximum Gasteiger partial charge on any atom is 0.234 e. The predicted octanol–water partition coefficient (Wildman–Crippen LogP) is 4.30. The number of aryl methyl sites for hydroxylation is 1. The van der Waals surface area contributed by atoms with Crippen molar-refractivity contribution in [2.75, 3.05) is 17.9 Å². The van der Waals surface area contributed by atoms with E-state index < -0.39 is 0 Å². The summed E-state index contributed by atoms with van der Waals surface area (Å²) < 4.78 is 12.7. The molecule has 0 saturated heterocycles. The first-order valence-electron chi connectivity index (χ1n) is 10.5. The second-order valence-corrected chi connectivity index (χ2v) is 8.60. The molecule has 9 heteroatoms. The van der Waals surface area contributed by atoms with Crippen molar-refractivity contribution in [2.24, 2.45) is 0 Å². The van der Waals surface area contributed by atoms with Gasteiger partial charge in [0.05, 0.1) is 5.75 Å². The molecule has 0 bridgehead atoms. The summed E-state index contributed by atoms with van der Waals surface area (Å²) in [5.41, 5.74) is 4.07. The Morgan fingerprint density at radius 3 is 2.97 bits per heavy atom. The lowest BCUT2D eigenvalue weighted by molar-refractivity contribution is -0.113. The van der Waals surface area contributed by atoms with Crippen LogP contribution in [0.3, 0.4) is 0 Å². The molecule has 0 unspecified atom stereocenters. The Kier molecular flexibility index (Phi) is 5.78. The number of benzene rings is 2.